The Hall–Kier alpha value is -3.32. The summed E-state index contributed by atoms with van der Waals surface area (Å²) in [5, 5.41) is 23.9. The predicted molar refractivity (Wildman–Crippen MR) is 119 cm³/mol. The Bertz CT molecular complexity index is 1230. The number of nitriles is 1. The molecule has 0 saturated carbocycles. The van der Waals surface area contributed by atoms with Crippen molar-refractivity contribution in [3.05, 3.63) is 45.3 Å². The number of thiophene rings is 1. The van der Waals surface area contributed by atoms with E-state index < -0.39 is 11.9 Å². The Kier molecular flexibility index (Phi) is 5.69. The molecule has 0 aliphatic carbocycles. The van der Waals surface area contributed by atoms with Crippen molar-refractivity contribution in [1.29, 1.82) is 5.26 Å². The van der Waals surface area contributed by atoms with Gasteiger partial charge in [0.05, 0.1) is 22.8 Å². The van der Waals surface area contributed by atoms with E-state index in [2.05, 4.69) is 10.3 Å². The highest BCUT2D eigenvalue weighted by atomic mass is 32.1. The minimum atomic E-state index is -2.71. The lowest BCUT2D eigenvalue weighted by Gasteiger charge is -2.33. The topological polar surface area (TPSA) is 102 Å². The van der Waals surface area contributed by atoms with Crippen molar-refractivity contribution >= 4 is 39.8 Å². The number of hydrogen-bond acceptors (Lipinski definition) is 7. The highest BCUT2D eigenvalue weighted by Gasteiger charge is 2.35. The van der Waals surface area contributed by atoms with Crippen LogP contribution in [0.3, 0.4) is 0 Å². The molecule has 1 fully saturated rings. The van der Waals surface area contributed by atoms with E-state index in [4.69, 9.17) is 4.98 Å². The van der Waals surface area contributed by atoms with Gasteiger partial charge >= 0.3 is 5.97 Å². The van der Waals surface area contributed by atoms with Crippen LogP contribution in [0, 0.1) is 18.3 Å². The Labute approximate surface area is 187 Å². The third-order valence-electron chi connectivity index (χ3n) is 5.52. The number of piperidine rings is 1. The Morgan fingerprint density at radius 1 is 1.34 bits per heavy atom. The Balaban J connectivity index is 1.76. The van der Waals surface area contributed by atoms with Crippen LogP contribution in [0.5, 0.6) is 0 Å². The number of carboxylic acid groups (broad SMARTS) is 1. The fourth-order valence-corrected chi connectivity index (χ4v) is 4.59. The number of nitrogens with zero attached hydrogens (tertiary/aromatic N) is 4. The van der Waals surface area contributed by atoms with Gasteiger partial charge in [-0.1, -0.05) is 6.07 Å². The first kappa shape index (κ1) is 21.9. The minimum absolute atomic E-state index is 0.0910. The smallest absolute Gasteiger partial charge is 0.348 e. The van der Waals surface area contributed by atoms with Gasteiger partial charge in [0.2, 0.25) is 0 Å². The van der Waals surface area contributed by atoms with Crippen LogP contribution in [0.4, 0.5) is 20.3 Å². The monoisotopic (exact) mass is 457 g/mol. The van der Waals surface area contributed by atoms with Gasteiger partial charge in [-0.25, -0.2) is 23.5 Å². The summed E-state index contributed by atoms with van der Waals surface area (Å²) in [6.07, 6.45) is -0.598. The number of carbonyl (C=O) groups is 1. The van der Waals surface area contributed by atoms with Crippen LogP contribution in [-0.4, -0.2) is 40.1 Å². The SMILES string of the molecule is Cc1cc(C(C)Nc2ccsc2C(=O)O)c2nc(N3CCC(F)(F)CC3)c(C#N)nc2c1. The van der Waals surface area contributed by atoms with Gasteiger partial charge in [-0.15, -0.1) is 11.3 Å². The Morgan fingerprint density at radius 3 is 2.72 bits per heavy atom. The number of hydrogen-bond donors (Lipinski definition) is 2. The first-order valence-electron chi connectivity index (χ1n) is 10.1. The molecule has 1 unspecified atom stereocenters. The summed E-state index contributed by atoms with van der Waals surface area (Å²) in [5.74, 6) is -3.42. The van der Waals surface area contributed by atoms with Gasteiger partial charge in [0.25, 0.3) is 5.92 Å². The summed E-state index contributed by atoms with van der Waals surface area (Å²) in [7, 11) is 0. The Morgan fingerprint density at radius 2 is 2.06 bits per heavy atom. The number of carboxylic acids is 1. The molecule has 3 aromatic rings. The summed E-state index contributed by atoms with van der Waals surface area (Å²) < 4.78 is 27.3. The molecule has 32 heavy (non-hydrogen) atoms. The normalized spacial score (nSPS) is 16.5. The first-order chi connectivity index (χ1) is 15.2. The van der Waals surface area contributed by atoms with Gasteiger partial charge in [0, 0.05) is 31.5 Å². The van der Waals surface area contributed by atoms with Crippen molar-refractivity contribution in [1.82, 2.24) is 9.97 Å². The van der Waals surface area contributed by atoms with Crippen molar-refractivity contribution in [2.45, 2.75) is 38.7 Å². The van der Waals surface area contributed by atoms with E-state index in [1.165, 1.54) is 0 Å². The van der Waals surface area contributed by atoms with Gasteiger partial charge in [-0.05, 0) is 36.9 Å². The molecule has 1 aromatic carbocycles. The van der Waals surface area contributed by atoms with Gasteiger partial charge in [-0.2, -0.15) is 5.26 Å². The fourth-order valence-electron chi connectivity index (χ4n) is 3.89. The lowest BCUT2D eigenvalue weighted by Crippen LogP contribution is -2.40. The van der Waals surface area contributed by atoms with Crippen LogP contribution in [0.25, 0.3) is 11.0 Å². The van der Waals surface area contributed by atoms with Crippen LogP contribution >= 0.6 is 11.3 Å². The average molecular weight is 458 g/mol. The molecule has 0 amide bonds. The maximum atomic E-state index is 13.6. The number of rotatable bonds is 5. The zero-order chi connectivity index (χ0) is 23.0. The molecule has 0 radical (unpaired) electrons. The van der Waals surface area contributed by atoms with Crippen LogP contribution < -0.4 is 10.2 Å². The number of aromatic nitrogens is 2. The predicted octanol–water partition coefficient (Wildman–Crippen LogP) is 4.98. The fraction of sp³-hybridized carbons (Fsp3) is 0.364. The number of nitrogens with one attached hydrogen (secondary N) is 1. The molecule has 1 aliphatic heterocycles. The van der Waals surface area contributed by atoms with Crippen LogP contribution in [0.1, 0.15) is 52.3 Å². The van der Waals surface area contributed by atoms with Gasteiger partial charge in [-0.3, -0.25) is 0 Å². The number of halogens is 2. The molecule has 7 nitrogen and oxygen atoms in total. The molecule has 0 spiro atoms. The van der Waals surface area contributed by atoms with Crippen LogP contribution in [0.15, 0.2) is 23.6 Å². The molecule has 4 rings (SSSR count). The van der Waals surface area contributed by atoms with E-state index in [9.17, 15) is 23.9 Å². The lowest BCUT2D eigenvalue weighted by molar-refractivity contribution is -0.0221. The maximum Gasteiger partial charge on any atom is 0.348 e. The first-order valence-corrected chi connectivity index (χ1v) is 11.0. The molecule has 0 bridgehead atoms. The zero-order valence-electron chi connectivity index (χ0n) is 17.5. The third-order valence-corrected chi connectivity index (χ3v) is 6.43. The van der Waals surface area contributed by atoms with E-state index in [0.29, 0.717) is 22.5 Å². The maximum absolute atomic E-state index is 13.6. The summed E-state index contributed by atoms with van der Waals surface area (Å²) in [6, 6.07) is 7.20. The second kappa shape index (κ2) is 8.31. The summed E-state index contributed by atoms with van der Waals surface area (Å²) in [5.41, 5.74) is 3.38. The van der Waals surface area contributed by atoms with Crippen molar-refractivity contribution in [3.8, 4) is 6.07 Å². The van der Waals surface area contributed by atoms with Crippen LogP contribution in [0.2, 0.25) is 0 Å². The second-order valence-electron chi connectivity index (χ2n) is 7.91. The molecule has 1 saturated heterocycles. The average Bonchev–Trinajstić information content (AvgIpc) is 3.20. The summed E-state index contributed by atoms with van der Waals surface area (Å²) >= 11 is 1.13. The van der Waals surface area contributed by atoms with Crippen molar-refractivity contribution in [2.24, 2.45) is 0 Å². The largest absolute Gasteiger partial charge is 0.477 e. The van der Waals surface area contributed by atoms with Crippen molar-refractivity contribution in [3.63, 3.8) is 0 Å². The highest BCUT2D eigenvalue weighted by Crippen LogP contribution is 2.34. The molecular formula is C22H21F2N5O2S. The molecule has 1 atom stereocenters. The highest BCUT2D eigenvalue weighted by molar-refractivity contribution is 7.12. The zero-order valence-corrected chi connectivity index (χ0v) is 18.3. The van der Waals surface area contributed by atoms with Crippen molar-refractivity contribution < 1.29 is 18.7 Å². The quantitative estimate of drug-likeness (QED) is 0.557. The number of anilines is 2. The minimum Gasteiger partial charge on any atom is -0.477 e. The van der Waals surface area contributed by atoms with E-state index in [1.54, 1.807) is 16.3 Å². The van der Waals surface area contributed by atoms with Crippen LogP contribution in [-0.2, 0) is 0 Å². The lowest BCUT2D eigenvalue weighted by atomic mass is 10.0. The number of alkyl halides is 2. The van der Waals surface area contributed by atoms with E-state index in [1.807, 2.05) is 32.0 Å². The molecule has 2 aromatic heterocycles. The molecule has 1 aliphatic rings. The molecule has 10 heteroatoms. The number of benzene rings is 1. The van der Waals surface area contributed by atoms with E-state index in [0.717, 1.165) is 22.5 Å². The standard InChI is InChI=1S/C22H21F2N5O2S/c1-12-9-14(13(2)26-15-3-8-32-19(15)21(30)31)18-16(10-12)27-17(11-25)20(28-18)29-6-4-22(23,24)5-7-29/h3,8-10,13,26H,4-7H2,1-2H3,(H,30,31). The molecule has 166 valence electrons. The second-order valence-corrected chi connectivity index (χ2v) is 8.82. The molecule has 3 heterocycles. The van der Waals surface area contributed by atoms with E-state index >= 15 is 0 Å². The van der Waals surface area contributed by atoms with Gasteiger partial charge in [0.1, 0.15) is 10.9 Å². The van der Waals surface area contributed by atoms with Gasteiger partial charge in [0.15, 0.2) is 11.5 Å². The summed E-state index contributed by atoms with van der Waals surface area (Å²) in [6.45, 7) is 3.97. The number of fused-ring (bicyclic) bond motifs is 1. The third kappa shape index (κ3) is 4.21. The summed E-state index contributed by atoms with van der Waals surface area (Å²) in [4.78, 5) is 22.5. The number of aryl methyl sites for hydroxylation is 1. The number of aromatic carboxylic acids is 1. The van der Waals surface area contributed by atoms with Gasteiger partial charge < -0.3 is 15.3 Å². The van der Waals surface area contributed by atoms with E-state index in [-0.39, 0.29) is 42.5 Å². The molecular weight excluding hydrogens is 436 g/mol. The molecule has 2 N–H and O–H groups in total. The van der Waals surface area contributed by atoms with Crippen molar-refractivity contribution in [2.75, 3.05) is 23.3 Å².